The summed E-state index contributed by atoms with van der Waals surface area (Å²) >= 11 is 0. The summed E-state index contributed by atoms with van der Waals surface area (Å²) in [5, 5.41) is 3.05. The highest BCUT2D eigenvalue weighted by atomic mass is 16.2. The summed E-state index contributed by atoms with van der Waals surface area (Å²) in [5.74, 6) is 0.576. The van der Waals surface area contributed by atoms with Gasteiger partial charge in [0.25, 0.3) is 5.91 Å². The van der Waals surface area contributed by atoms with Crippen LogP contribution in [-0.2, 0) is 0 Å². The predicted molar refractivity (Wildman–Crippen MR) is 84.6 cm³/mol. The number of para-hydroxylation sites is 1. The van der Waals surface area contributed by atoms with Gasteiger partial charge >= 0.3 is 0 Å². The number of imidazole rings is 1. The quantitative estimate of drug-likeness (QED) is 0.884. The number of hydrogen-bond acceptors (Lipinski definition) is 2. The zero-order valence-electron chi connectivity index (χ0n) is 12.9. The van der Waals surface area contributed by atoms with E-state index in [2.05, 4.69) is 24.1 Å². The second-order valence-electron chi connectivity index (χ2n) is 5.83. The van der Waals surface area contributed by atoms with Crippen LogP contribution in [0.5, 0.6) is 0 Å². The van der Waals surface area contributed by atoms with Crippen molar-refractivity contribution in [3.8, 4) is 5.69 Å². The Balaban J connectivity index is 2.06. The zero-order valence-corrected chi connectivity index (χ0v) is 12.9. The molecule has 4 nitrogen and oxygen atoms in total. The minimum absolute atomic E-state index is 0.0763. The first-order chi connectivity index (χ1) is 10.1. The number of nitrogens with zero attached hydrogens (tertiary/aromatic N) is 2. The van der Waals surface area contributed by atoms with E-state index >= 15 is 0 Å². The van der Waals surface area contributed by atoms with Crippen LogP contribution in [0.3, 0.4) is 0 Å². The molecule has 0 saturated heterocycles. The van der Waals surface area contributed by atoms with E-state index < -0.39 is 0 Å². The number of carbonyl (C=O) groups is 1. The van der Waals surface area contributed by atoms with Gasteiger partial charge in [0.05, 0.1) is 12.5 Å². The normalized spacial score (nSPS) is 12.4. The second kappa shape index (κ2) is 7.07. The third-order valence-corrected chi connectivity index (χ3v) is 3.46. The van der Waals surface area contributed by atoms with Crippen LogP contribution in [0.25, 0.3) is 5.69 Å². The Morgan fingerprint density at radius 3 is 2.57 bits per heavy atom. The molecule has 0 aliphatic heterocycles. The van der Waals surface area contributed by atoms with Gasteiger partial charge in [-0.3, -0.25) is 9.36 Å². The number of benzene rings is 1. The largest absolute Gasteiger partial charge is 0.348 e. The lowest BCUT2D eigenvalue weighted by Gasteiger charge is -2.15. The number of hydrogen-bond donors (Lipinski definition) is 1. The molecule has 0 fully saturated rings. The molecule has 112 valence electrons. The summed E-state index contributed by atoms with van der Waals surface area (Å²) in [6, 6.07) is 9.93. The van der Waals surface area contributed by atoms with Crippen molar-refractivity contribution >= 4 is 5.91 Å². The minimum Gasteiger partial charge on any atom is -0.348 e. The summed E-state index contributed by atoms with van der Waals surface area (Å²) in [4.78, 5) is 16.5. The highest BCUT2D eigenvalue weighted by molar-refractivity contribution is 5.93. The molecular weight excluding hydrogens is 262 g/mol. The van der Waals surface area contributed by atoms with E-state index in [0.29, 0.717) is 11.6 Å². The molecule has 2 rings (SSSR count). The Hall–Kier alpha value is -2.10. The number of rotatable bonds is 6. The Morgan fingerprint density at radius 2 is 1.90 bits per heavy atom. The van der Waals surface area contributed by atoms with E-state index in [9.17, 15) is 4.79 Å². The molecule has 4 heteroatoms. The fraction of sp³-hybridized carbons (Fsp3) is 0.412. The van der Waals surface area contributed by atoms with Crippen molar-refractivity contribution in [3.05, 3.63) is 48.5 Å². The van der Waals surface area contributed by atoms with Gasteiger partial charge in [0, 0.05) is 11.7 Å². The van der Waals surface area contributed by atoms with E-state index in [0.717, 1.165) is 18.5 Å². The molecule has 0 radical (unpaired) electrons. The third-order valence-electron chi connectivity index (χ3n) is 3.46. The fourth-order valence-electron chi connectivity index (χ4n) is 2.21. The summed E-state index contributed by atoms with van der Waals surface area (Å²) in [7, 11) is 0. The van der Waals surface area contributed by atoms with Crippen molar-refractivity contribution in [2.24, 2.45) is 5.92 Å². The molecule has 0 saturated carbocycles. The maximum atomic E-state index is 12.4. The molecule has 1 N–H and O–H groups in total. The van der Waals surface area contributed by atoms with Crippen LogP contribution < -0.4 is 5.32 Å². The van der Waals surface area contributed by atoms with Gasteiger partial charge in [-0.1, -0.05) is 32.0 Å². The van der Waals surface area contributed by atoms with Crippen LogP contribution in [0.15, 0.2) is 42.9 Å². The molecule has 1 atom stereocenters. The molecule has 0 aliphatic rings. The summed E-state index contributed by atoms with van der Waals surface area (Å²) in [6.07, 6.45) is 5.38. The van der Waals surface area contributed by atoms with Crippen molar-refractivity contribution < 1.29 is 4.79 Å². The second-order valence-corrected chi connectivity index (χ2v) is 5.83. The summed E-state index contributed by atoms with van der Waals surface area (Å²) in [6.45, 7) is 6.43. The van der Waals surface area contributed by atoms with Crippen molar-refractivity contribution in [2.45, 2.75) is 39.7 Å². The molecule has 21 heavy (non-hydrogen) atoms. The van der Waals surface area contributed by atoms with Gasteiger partial charge in [-0.05, 0) is 37.8 Å². The molecule has 1 unspecified atom stereocenters. The maximum absolute atomic E-state index is 12.4. The Morgan fingerprint density at radius 1 is 1.19 bits per heavy atom. The topological polar surface area (TPSA) is 46.9 Å². The predicted octanol–water partition coefficient (Wildman–Crippen LogP) is 3.43. The van der Waals surface area contributed by atoms with Gasteiger partial charge in [-0.15, -0.1) is 0 Å². The van der Waals surface area contributed by atoms with Crippen molar-refractivity contribution in [1.29, 1.82) is 0 Å². The number of amides is 1. The highest BCUT2D eigenvalue weighted by Crippen LogP contribution is 2.12. The average molecular weight is 285 g/mol. The van der Waals surface area contributed by atoms with E-state index in [-0.39, 0.29) is 11.9 Å². The molecule has 0 bridgehead atoms. The molecule has 1 aromatic heterocycles. The van der Waals surface area contributed by atoms with Gasteiger partial charge < -0.3 is 5.32 Å². The fourth-order valence-corrected chi connectivity index (χ4v) is 2.21. The Labute approximate surface area is 126 Å². The average Bonchev–Trinajstić information content (AvgIpc) is 2.95. The standard InChI is InChI=1S/C17H23N3O/c1-13(2)9-10-14(3)19-17(21)16-11-18-12-20(16)15-7-5-4-6-8-15/h4-8,11-14H,9-10H2,1-3H3,(H,19,21). The van der Waals surface area contributed by atoms with Crippen LogP contribution in [0.1, 0.15) is 44.1 Å². The van der Waals surface area contributed by atoms with Crippen molar-refractivity contribution in [2.75, 3.05) is 0 Å². The van der Waals surface area contributed by atoms with Gasteiger partial charge in [0.2, 0.25) is 0 Å². The number of aromatic nitrogens is 2. The van der Waals surface area contributed by atoms with Crippen LogP contribution in [0, 0.1) is 5.92 Å². The lowest BCUT2D eigenvalue weighted by molar-refractivity contribution is 0.0930. The van der Waals surface area contributed by atoms with Crippen molar-refractivity contribution in [3.63, 3.8) is 0 Å². The molecule has 1 amide bonds. The molecule has 0 spiro atoms. The Bertz CT molecular complexity index is 575. The number of nitrogens with one attached hydrogen (secondary N) is 1. The molecule has 1 heterocycles. The first kappa shape index (κ1) is 15.3. The van der Waals surface area contributed by atoms with Crippen LogP contribution in [0.2, 0.25) is 0 Å². The summed E-state index contributed by atoms with van der Waals surface area (Å²) < 4.78 is 1.81. The van der Waals surface area contributed by atoms with E-state index in [1.807, 2.05) is 41.8 Å². The first-order valence-electron chi connectivity index (χ1n) is 7.46. The lowest BCUT2D eigenvalue weighted by atomic mass is 10.0. The molecule has 0 aliphatic carbocycles. The van der Waals surface area contributed by atoms with Crippen LogP contribution in [-0.4, -0.2) is 21.5 Å². The van der Waals surface area contributed by atoms with E-state index in [1.165, 1.54) is 0 Å². The van der Waals surface area contributed by atoms with Gasteiger partial charge in [-0.2, -0.15) is 0 Å². The van der Waals surface area contributed by atoms with Gasteiger partial charge in [0.1, 0.15) is 5.69 Å². The van der Waals surface area contributed by atoms with Gasteiger partial charge in [0.15, 0.2) is 0 Å². The van der Waals surface area contributed by atoms with Gasteiger partial charge in [-0.25, -0.2) is 4.98 Å². The zero-order chi connectivity index (χ0) is 15.2. The lowest BCUT2D eigenvalue weighted by Crippen LogP contribution is -2.33. The smallest absolute Gasteiger partial charge is 0.270 e. The highest BCUT2D eigenvalue weighted by Gasteiger charge is 2.15. The summed E-state index contributed by atoms with van der Waals surface area (Å²) in [5.41, 5.74) is 1.51. The van der Waals surface area contributed by atoms with E-state index in [4.69, 9.17) is 0 Å². The Kier molecular flexibility index (Phi) is 5.14. The number of carbonyl (C=O) groups excluding carboxylic acids is 1. The maximum Gasteiger partial charge on any atom is 0.270 e. The van der Waals surface area contributed by atoms with E-state index in [1.54, 1.807) is 12.5 Å². The SMILES string of the molecule is CC(C)CCC(C)NC(=O)c1cncn1-c1ccccc1. The third kappa shape index (κ3) is 4.18. The van der Waals surface area contributed by atoms with Crippen molar-refractivity contribution in [1.82, 2.24) is 14.9 Å². The monoisotopic (exact) mass is 285 g/mol. The first-order valence-corrected chi connectivity index (χ1v) is 7.46. The molecule has 1 aromatic carbocycles. The van der Waals surface area contributed by atoms with Crippen LogP contribution >= 0.6 is 0 Å². The van der Waals surface area contributed by atoms with Crippen LogP contribution in [0.4, 0.5) is 0 Å². The minimum atomic E-state index is -0.0763. The molecule has 2 aromatic rings. The molecular formula is C17H23N3O.